The second-order valence-electron chi connectivity index (χ2n) is 4.17. The molecule has 0 N–H and O–H groups in total. The van der Waals surface area contributed by atoms with Gasteiger partial charge in [0, 0.05) is 19.2 Å². The van der Waals surface area contributed by atoms with Crippen LogP contribution in [-0.4, -0.2) is 16.4 Å². The monoisotopic (exact) mass is 277 g/mol. The lowest BCUT2D eigenvalue weighted by Crippen LogP contribution is -2.12. The van der Waals surface area contributed by atoms with E-state index in [1.54, 1.807) is 16.9 Å². The van der Waals surface area contributed by atoms with Gasteiger partial charge in [0.25, 0.3) is 0 Å². The number of hydrogen-bond acceptors (Lipinski definition) is 3. The number of aryl methyl sites for hydroxylation is 1. The minimum Gasteiger partial charge on any atom is -0.491 e. The van der Waals surface area contributed by atoms with Crippen LogP contribution in [0.2, 0.25) is 5.02 Å². The maximum Gasteiger partial charge on any atom is 0.148 e. The van der Waals surface area contributed by atoms with Crippen LogP contribution in [0, 0.1) is 17.1 Å². The van der Waals surface area contributed by atoms with Crippen LogP contribution >= 0.6 is 11.6 Å². The first-order chi connectivity index (χ1) is 9.22. The van der Waals surface area contributed by atoms with Crippen molar-refractivity contribution < 1.29 is 9.13 Å². The lowest BCUT2D eigenvalue weighted by molar-refractivity contribution is 0.295. The van der Waals surface area contributed by atoms with Crippen molar-refractivity contribution in [3.63, 3.8) is 0 Å². The molecule has 0 saturated carbocycles. The highest BCUT2D eigenvalue weighted by Gasteiger charge is 2.24. The molecule has 0 fully saturated rings. The molecule has 3 rings (SSSR count). The van der Waals surface area contributed by atoms with Crippen LogP contribution in [0.15, 0.2) is 18.3 Å². The van der Waals surface area contributed by atoms with Crippen molar-refractivity contribution in [3.8, 4) is 23.1 Å². The Morgan fingerprint density at radius 1 is 1.53 bits per heavy atom. The summed E-state index contributed by atoms with van der Waals surface area (Å²) in [6, 6.07) is 4.71. The summed E-state index contributed by atoms with van der Waals surface area (Å²) in [5.41, 5.74) is 0.959. The molecule has 0 atom stereocenters. The average molecular weight is 278 g/mol. The largest absolute Gasteiger partial charge is 0.491 e. The Hall–Kier alpha value is -2.06. The predicted molar refractivity (Wildman–Crippen MR) is 67.5 cm³/mol. The smallest absolute Gasteiger partial charge is 0.148 e. The van der Waals surface area contributed by atoms with Crippen LogP contribution in [0.1, 0.15) is 12.0 Å². The highest BCUT2D eigenvalue weighted by Crippen LogP contribution is 2.41. The fraction of sp³-hybridized carbons (Fsp3) is 0.231. The number of benzene rings is 1. The highest BCUT2D eigenvalue weighted by molar-refractivity contribution is 6.32. The van der Waals surface area contributed by atoms with E-state index in [4.69, 9.17) is 16.3 Å². The first kappa shape index (κ1) is 12.0. The molecule has 1 aromatic carbocycles. The maximum absolute atomic E-state index is 13.9. The van der Waals surface area contributed by atoms with Crippen LogP contribution in [0.5, 0.6) is 5.75 Å². The molecule has 19 heavy (non-hydrogen) atoms. The first-order valence-corrected chi connectivity index (χ1v) is 6.17. The molecule has 0 bridgehead atoms. The second-order valence-corrected chi connectivity index (χ2v) is 4.58. The quantitative estimate of drug-likeness (QED) is 0.744. The van der Waals surface area contributed by atoms with Gasteiger partial charge in [-0.05, 0) is 12.1 Å². The van der Waals surface area contributed by atoms with Crippen molar-refractivity contribution in [3.05, 3.63) is 34.7 Å². The Bertz CT molecular complexity index is 690. The van der Waals surface area contributed by atoms with Gasteiger partial charge < -0.3 is 4.74 Å². The summed E-state index contributed by atoms with van der Waals surface area (Å²) >= 11 is 6.03. The van der Waals surface area contributed by atoms with E-state index in [2.05, 4.69) is 5.10 Å². The Labute approximate surface area is 114 Å². The molecular weight excluding hydrogens is 269 g/mol. The van der Waals surface area contributed by atoms with Crippen LogP contribution in [-0.2, 0) is 6.54 Å². The number of nitrogens with zero attached hydrogens (tertiary/aromatic N) is 3. The molecule has 0 amide bonds. The summed E-state index contributed by atoms with van der Waals surface area (Å²) in [5, 5.41) is 13.5. The van der Waals surface area contributed by atoms with Gasteiger partial charge in [-0.2, -0.15) is 10.4 Å². The van der Waals surface area contributed by atoms with Gasteiger partial charge in [-0.3, -0.25) is 4.68 Å². The van der Waals surface area contributed by atoms with Crippen molar-refractivity contribution in [2.24, 2.45) is 0 Å². The summed E-state index contributed by atoms with van der Waals surface area (Å²) in [6.07, 6.45) is 2.38. The Morgan fingerprint density at radius 2 is 2.37 bits per heavy atom. The van der Waals surface area contributed by atoms with Gasteiger partial charge in [0.05, 0.1) is 22.9 Å². The first-order valence-electron chi connectivity index (χ1n) is 5.79. The van der Waals surface area contributed by atoms with E-state index in [9.17, 15) is 9.65 Å². The Morgan fingerprint density at radius 3 is 3.16 bits per heavy atom. The minimum atomic E-state index is -0.650. The third-order valence-electron chi connectivity index (χ3n) is 3.03. The lowest BCUT2D eigenvalue weighted by atomic mass is 10.0. The van der Waals surface area contributed by atoms with Crippen molar-refractivity contribution in [1.29, 1.82) is 5.26 Å². The molecule has 0 aliphatic carbocycles. The van der Waals surface area contributed by atoms with Gasteiger partial charge in [-0.1, -0.05) is 11.6 Å². The third-order valence-corrected chi connectivity index (χ3v) is 3.31. The molecule has 0 radical (unpaired) electrons. The highest BCUT2D eigenvalue weighted by atomic mass is 35.5. The number of nitriles is 1. The summed E-state index contributed by atoms with van der Waals surface area (Å²) in [4.78, 5) is 0. The number of fused-ring (bicyclic) bond motifs is 3. The molecule has 1 aromatic heterocycles. The molecule has 2 aromatic rings. The van der Waals surface area contributed by atoms with Crippen molar-refractivity contribution in [2.45, 2.75) is 13.0 Å². The van der Waals surface area contributed by atoms with Crippen LogP contribution < -0.4 is 4.74 Å². The molecule has 1 aliphatic rings. The zero-order chi connectivity index (χ0) is 13.4. The number of ether oxygens (including phenoxy) is 1. The molecule has 4 nitrogen and oxygen atoms in total. The molecule has 0 saturated heterocycles. The molecule has 0 unspecified atom stereocenters. The predicted octanol–water partition coefficient (Wildman–Crippen LogP) is 3.00. The van der Waals surface area contributed by atoms with E-state index in [-0.39, 0.29) is 10.6 Å². The minimum absolute atomic E-state index is 0.0666. The van der Waals surface area contributed by atoms with Crippen LogP contribution in [0.25, 0.3) is 11.3 Å². The maximum atomic E-state index is 13.9. The zero-order valence-electron chi connectivity index (χ0n) is 9.86. The second kappa shape index (κ2) is 4.56. The van der Waals surface area contributed by atoms with Gasteiger partial charge in [-0.15, -0.1) is 0 Å². The topological polar surface area (TPSA) is 50.8 Å². The summed E-state index contributed by atoms with van der Waals surface area (Å²) in [5.74, 6) is -0.302. The molecule has 1 aliphatic heterocycles. The molecule has 6 heteroatoms. The lowest BCUT2D eigenvalue weighted by Gasteiger charge is -2.19. The van der Waals surface area contributed by atoms with Crippen molar-refractivity contribution >= 4 is 11.6 Å². The van der Waals surface area contributed by atoms with Gasteiger partial charge in [0.1, 0.15) is 23.2 Å². The van der Waals surface area contributed by atoms with E-state index in [1.165, 1.54) is 0 Å². The molecule has 96 valence electrons. The zero-order valence-corrected chi connectivity index (χ0v) is 10.6. The van der Waals surface area contributed by atoms with Gasteiger partial charge in [0.15, 0.2) is 0 Å². The standard InChI is InChI=1S/C13H9ClFN3O/c14-9-6-10(15)8(7-16)12-11-2-3-17-18(11)4-1-5-19-13(9)12/h2-3,6H,1,4-5H2. The van der Waals surface area contributed by atoms with Crippen LogP contribution in [0.3, 0.4) is 0 Å². The van der Waals surface area contributed by atoms with E-state index >= 15 is 0 Å². The van der Waals surface area contributed by atoms with Crippen molar-refractivity contribution in [2.75, 3.05) is 6.61 Å². The van der Waals surface area contributed by atoms with E-state index in [1.807, 2.05) is 6.07 Å². The van der Waals surface area contributed by atoms with Gasteiger partial charge in [0.2, 0.25) is 0 Å². The molecule has 0 spiro atoms. The fourth-order valence-electron chi connectivity index (χ4n) is 2.21. The average Bonchev–Trinajstić information content (AvgIpc) is 2.80. The van der Waals surface area contributed by atoms with E-state index in [0.717, 1.165) is 12.5 Å². The SMILES string of the molecule is N#Cc1c(F)cc(Cl)c2c1-c1ccnn1CCCO2. The van der Waals surface area contributed by atoms with E-state index < -0.39 is 5.82 Å². The normalized spacial score (nSPS) is 13.5. The van der Waals surface area contributed by atoms with Crippen LogP contribution in [0.4, 0.5) is 4.39 Å². The number of hydrogen-bond donors (Lipinski definition) is 0. The fourth-order valence-corrected chi connectivity index (χ4v) is 2.45. The summed E-state index contributed by atoms with van der Waals surface area (Å²) < 4.78 is 21.2. The number of rotatable bonds is 0. The molecule has 2 heterocycles. The Balaban J connectivity index is 2.38. The van der Waals surface area contributed by atoms with Gasteiger partial charge >= 0.3 is 0 Å². The number of aromatic nitrogens is 2. The molecular formula is C13H9ClFN3O. The third kappa shape index (κ3) is 1.85. The number of halogens is 2. The summed E-state index contributed by atoms with van der Waals surface area (Å²) in [6.45, 7) is 1.10. The van der Waals surface area contributed by atoms with E-state index in [0.29, 0.717) is 30.2 Å². The van der Waals surface area contributed by atoms with Gasteiger partial charge in [-0.25, -0.2) is 4.39 Å². The van der Waals surface area contributed by atoms with Crippen molar-refractivity contribution in [1.82, 2.24) is 9.78 Å². The Kier molecular flexibility index (Phi) is 2.88. The summed E-state index contributed by atoms with van der Waals surface area (Å²) in [7, 11) is 0.